The molecule has 0 aliphatic heterocycles. The van der Waals surface area contributed by atoms with Crippen LogP contribution in [0, 0.1) is 17.0 Å². The molecule has 8 nitrogen and oxygen atoms in total. The third-order valence-corrected chi connectivity index (χ3v) is 5.63. The zero-order valence-electron chi connectivity index (χ0n) is 16.9. The zero-order chi connectivity index (χ0) is 22.5. The fraction of sp³-hybridized carbons (Fsp3) is 0.143. The molecule has 0 amide bonds. The van der Waals surface area contributed by atoms with Gasteiger partial charge < -0.3 is 20.1 Å². The van der Waals surface area contributed by atoms with E-state index >= 15 is 0 Å². The third kappa shape index (κ3) is 4.81. The zero-order valence-corrected chi connectivity index (χ0v) is 18.6. The molecule has 0 saturated heterocycles. The van der Waals surface area contributed by atoms with Crippen LogP contribution in [-0.2, 0) is 4.74 Å². The van der Waals surface area contributed by atoms with Crippen molar-refractivity contribution < 1.29 is 19.2 Å². The molecule has 0 fully saturated rings. The number of esters is 1. The summed E-state index contributed by atoms with van der Waals surface area (Å²) in [6.07, 6.45) is 0. The van der Waals surface area contributed by atoms with Crippen molar-refractivity contribution in [3.05, 3.63) is 69.1 Å². The summed E-state index contributed by atoms with van der Waals surface area (Å²) in [7, 11) is 2.77. The number of nitro groups is 1. The molecule has 0 aliphatic rings. The predicted molar refractivity (Wildman–Crippen MR) is 125 cm³/mol. The highest BCUT2D eigenvalue weighted by molar-refractivity contribution is 7.80. The van der Waals surface area contributed by atoms with Gasteiger partial charge in [0.1, 0.15) is 16.3 Å². The second-order valence-corrected chi connectivity index (χ2v) is 7.95. The average molecular weight is 458 g/mol. The molecule has 0 bridgehead atoms. The number of nitro benzene ring substituents is 1. The molecule has 0 spiro atoms. The Morgan fingerprint density at radius 3 is 2.45 bits per heavy atom. The lowest BCUT2D eigenvalue weighted by Gasteiger charge is -2.13. The molecule has 0 atom stereocenters. The van der Waals surface area contributed by atoms with Gasteiger partial charge >= 0.3 is 5.97 Å². The largest absolute Gasteiger partial charge is 0.495 e. The number of aryl methyl sites for hydroxylation is 1. The Balaban J connectivity index is 1.95. The maximum atomic E-state index is 12.6. The van der Waals surface area contributed by atoms with Crippen LogP contribution in [0.1, 0.15) is 15.2 Å². The van der Waals surface area contributed by atoms with Crippen LogP contribution < -0.4 is 15.4 Å². The minimum Gasteiger partial charge on any atom is -0.495 e. The Morgan fingerprint density at radius 2 is 1.84 bits per heavy atom. The van der Waals surface area contributed by atoms with Crippen LogP contribution in [0.15, 0.2) is 48.5 Å². The molecule has 2 N–H and O–H groups in total. The number of hydrogen-bond donors (Lipinski definition) is 2. The molecule has 31 heavy (non-hydrogen) atoms. The second-order valence-electron chi connectivity index (χ2n) is 6.32. The number of carbonyl (C=O) groups excluding carboxylic acids is 1. The van der Waals surface area contributed by atoms with Crippen molar-refractivity contribution in [2.45, 2.75) is 6.92 Å². The van der Waals surface area contributed by atoms with E-state index in [2.05, 4.69) is 10.6 Å². The Kier molecular flexibility index (Phi) is 6.83. The fourth-order valence-electron chi connectivity index (χ4n) is 3.05. The summed E-state index contributed by atoms with van der Waals surface area (Å²) in [5, 5.41) is 17.7. The molecule has 1 heterocycles. The number of ether oxygens (including phenoxy) is 2. The van der Waals surface area contributed by atoms with E-state index in [1.807, 2.05) is 37.3 Å². The second kappa shape index (κ2) is 9.54. The van der Waals surface area contributed by atoms with Crippen molar-refractivity contribution in [3.63, 3.8) is 0 Å². The van der Waals surface area contributed by atoms with Crippen LogP contribution in [0.25, 0.3) is 11.1 Å². The number of hydrogen-bond acceptors (Lipinski definition) is 7. The van der Waals surface area contributed by atoms with Crippen molar-refractivity contribution in [1.29, 1.82) is 0 Å². The van der Waals surface area contributed by atoms with Crippen LogP contribution in [0.3, 0.4) is 0 Å². The smallest absolute Gasteiger partial charge is 0.341 e. The van der Waals surface area contributed by atoms with E-state index in [1.54, 1.807) is 0 Å². The number of non-ortho nitro benzene ring substituents is 1. The van der Waals surface area contributed by atoms with Gasteiger partial charge in [0.15, 0.2) is 5.11 Å². The lowest BCUT2D eigenvalue weighted by atomic mass is 10.0. The summed E-state index contributed by atoms with van der Waals surface area (Å²) in [4.78, 5) is 24.1. The number of nitrogens with one attached hydrogen (secondary N) is 2. The van der Waals surface area contributed by atoms with Gasteiger partial charge in [-0.2, -0.15) is 0 Å². The van der Waals surface area contributed by atoms with E-state index in [0.29, 0.717) is 22.0 Å². The van der Waals surface area contributed by atoms with Crippen molar-refractivity contribution >= 4 is 51.0 Å². The number of nitrogens with zero attached hydrogens (tertiary/aromatic N) is 1. The summed E-state index contributed by atoms with van der Waals surface area (Å²) >= 11 is 6.75. The molecule has 10 heteroatoms. The van der Waals surface area contributed by atoms with E-state index in [-0.39, 0.29) is 10.8 Å². The van der Waals surface area contributed by atoms with Crippen molar-refractivity contribution in [2.75, 3.05) is 24.9 Å². The summed E-state index contributed by atoms with van der Waals surface area (Å²) in [6, 6.07) is 13.6. The number of anilines is 2. The fourth-order valence-corrected chi connectivity index (χ4v) is 4.39. The van der Waals surface area contributed by atoms with Gasteiger partial charge in [0.05, 0.1) is 24.8 Å². The Bertz CT molecular complexity index is 1150. The normalized spacial score (nSPS) is 10.3. The summed E-state index contributed by atoms with van der Waals surface area (Å²) < 4.78 is 10.2. The highest BCUT2D eigenvalue weighted by atomic mass is 32.1. The molecule has 3 aromatic rings. The molecule has 3 rings (SSSR count). The average Bonchev–Trinajstić information content (AvgIpc) is 3.08. The molecular weight excluding hydrogens is 438 g/mol. The minimum absolute atomic E-state index is 0.111. The lowest BCUT2D eigenvalue weighted by molar-refractivity contribution is -0.384. The standard InChI is InChI=1S/C21H19N3O5S2/c1-12-17(13-7-5-4-6-8-13)18(20(25)29-3)19(31-12)23-21(30)22-15-11-14(24(26)27)9-10-16(15)28-2/h4-11H,1-3H3,(H2,22,23,30). The maximum absolute atomic E-state index is 12.6. The van der Waals surface area contributed by atoms with Gasteiger partial charge in [0, 0.05) is 22.6 Å². The van der Waals surface area contributed by atoms with Crippen LogP contribution in [0.4, 0.5) is 16.4 Å². The first-order chi connectivity index (χ1) is 14.8. The number of rotatable bonds is 6. The van der Waals surface area contributed by atoms with Crippen LogP contribution in [-0.4, -0.2) is 30.2 Å². The SMILES string of the molecule is COC(=O)c1c(NC(=S)Nc2cc([N+](=O)[O-])ccc2OC)sc(C)c1-c1ccccc1. The molecule has 0 unspecified atom stereocenters. The highest BCUT2D eigenvalue weighted by Gasteiger charge is 2.24. The molecule has 1 aromatic heterocycles. The van der Waals surface area contributed by atoms with E-state index in [1.165, 1.54) is 43.8 Å². The summed E-state index contributed by atoms with van der Waals surface area (Å²) in [5.41, 5.74) is 2.22. The number of benzene rings is 2. The van der Waals surface area contributed by atoms with Crippen LogP contribution in [0.2, 0.25) is 0 Å². The Hall–Kier alpha value is -3.50. The molecule has 2 aromatic carbocycles. The first-order valence-corrected chi connectivity index (χ1v) is 10.3. The maximum Gasteiger partial charge on any atom is 0.341 e. The van der Waals surface area contributed by atoms with Gasteiger partial charge in [0.2, 0.25) is 0 Å². The highest BCUT2D eigenvalue weighted by Crippen LogP contribution is 2.40. The van der Waals surface area contributed by atoms with Gasteiger partial charge in [-0.25, -0.2) is 4.79 Å². The van der Waals surface area contributed by atoms with Gasteiger partial charge in [-0.1, -0.05) is 30.3 Å². The molecule has 0 aliphatic carbocycles. The van der Waals surface area contributed by atoms with Crippen LogP contribution in [0.5, 0.6) is 5.75 Å². The molecule has 0 radical (unpaired) electrons. The first-order valence-electron chi connectivity index (χ1n) is 9.03. The van der Waals surface area contributed by atoms with E-state index in [9.17, 15) is 14.9 Å². The number of thiophene rings is 1. The third-order valence-electron chi connectivity index (χ3n) is 4.41. The lowest BCUT2D eigenvalue weighted by Crippen LogP contribution is -2.20. The first kappa shape index (κ1) is 22.2. The molecule has 0 saturated carbocycles. The Labute approximate surface area is 188 Å². The van der Waals surface area contributed by atoms with E-state index < -0.39 is 10.9 Å². The van der Waals surface area contributed by atoms with Gasteiger partial charge in [-0.15, -0.1) is 11.3 Å². The van der Waals surface area contributed by atoms with Gasteiger partial charge in [-0.05, 0) is 30.8 Å². The van der Waals surface area contributed by atoms with Crippen molar-refractivity contribution in [3.8, 4) is 16.9 Å². The summed E-state index contributed by atoms with van der Waals surface area (Å²) in [6.45, 7) is 1.91. The van der Waals surface area contributed by atoms with Crippen LogP contribution >= 0.6 is 23.6 Å². The molecular formula is C21H19N3O5S2. The molecule has 160 valence electrons. The van der Waals surface area contributed by atoms with E-state index in [0.717, 1.165) is 16.0 Å². The number of methoxy groups -OCH3 is 2. The van der Waals surface area contributed by atoms with Crippen molar-refractivity contribution in [2.24, 2.45) is 0 Å². The van der Waals surface area contributed by atoms with E-state index in [4.69, 9.17) is 21.7 Å². The quantitative estimate of drug-likeness (QED) is 0.224. The number of thiocarbonyl (C=S) groups is 1. The Morgan fingerprint density at radius 1 is 1.13 bits per heavy atom. The minimum atomic E-state index is -0.509. The number of carbonyl (C=O) groups is 1. The topological polar surface area (TPSA) is 103 Å². The van der Waals surface area contributed by atoms with Gasteiger partial charge in [0.25, 0.3) is 5.69 Å². The predicted octanol–water partition coefficient (Wildman–Crippen LogP) is 5.24. The monoisotopic (exact) mass is 457 g/mol. The van der Waals surface area contributed by atoms with Gasteiger partial charge in [-0.3, -0.25) is 10.1 Å². The van der Waals surface area contributed by atoms with Crippen molar-refractivity contribution in [1.82, 2.24) is 0 Å². The summed E-state index contributed by atoms with van der Waals surface area (Å²) in [5.74, 6) is -0.114.